The molecule has 1 aliphatic heterocycles. The minimum Gasteiger partial charge on any atom is -0.340 e. The molecule has 1 aromatic heterocycles. The van der Waals surface area contributed by atoms with E-state index in [9.17, 15) is 14.4 Å². The highest BCUT2D eigenvalue weighted by Gasteiger charge is 2.49. The Bertz CT molecular complexity index is 916. The van der Waals surface area contributed by atoms with Crippen LogP contribution in [0.15, 0.2) is 41.1 Å². The number of imide groups is 1. The van der Waals surface area contributed by atoms with Gasteiger partial charge < -0.3 is 10.2 Å². The number of carbonyl (C=O) groups excluding carboxylic acids is 3. The summed E-state index contributed by atoms with van der Waals surface area (Å²) in [5.74, 6) is -0.699. The largest absolute Gasteiger partial charge is 0.340 e. The first-order chi connectivity index (χ1) is 13.5. The first kappa shape index (κ1) is 21.0. The molecular weight excluding hydrogens is 386 g/mol. The Morgan fingerprint density at radius 1 is 1.17 bits per heavy atom. The van der Waals surface area contributed by atoms with Crippen LogP contribution in [0.4, 0.5) is 4.79 Å². The predicted octanol–water partition coefficient (Wildman–Crippen LogP) is 3.47. The number of hydrogen-bond donors (Lipinski definition) is 1. The molecule has 0 aliphatic carbocycles. The van der Waals surface area contributed by atoms with Gasteiger partial charge in [0.15, 0.2) is 0 Å². The monoisotopic (exact) mass is 413 g/mol. The molecule has 1 aromatic carbocycles. The third-order valence-corrected chi connectivity index (χ3v) is 6.05. The van der Waals surface area contributed by atoms with Gasteiger partial charge in [0.2, 0.25) is 5.91 Å². The summed E-state index contributed by atoms with van der Waals surface area (Å²) in [7, 11) is 1.67. The number of nitrogens with zero attached hydrogens (tertiary/aromatic N) is 2. The van der Waals surface area contributed by atoms with E-state index in [0.717, 1.165) is 16.0 Å². The van der Waals surface area contributed by atoms with Crippen LogP contribution in [0.2, 0.25) is 0 Å². The number of benzene rings is 1. The average molecular weight is 414 g/mol. The summed E-state index contributed by atoms with van der Waals surface area (Å²) >= 11 is 1.56. The summed E-state index contributed by atoms with van der Waals surface area (Å²) < 4.78 is 0. The molecule has 154 valence electrons. The smallest absolute Gasteiger partial charge is 0.325 e. The molecule has 0 unspecified atom stereocenters. The third-order valence-electron chi connectivity index (χ3n) is 5.32. The second-order valence-electron chi connectivity index (χ2n) is 8.66. The van der Waals surface area contributed by atoms with Crippen LogP contribution in [-0.4, -0.2) is 41.2 Å². The van der Waals surface area contributed by atoms with Gasteiger partial charge in [0, 0.05) is 13.6 Å². The molecule has 0 bridgehead atoms. The van der Waals surface area contributed by atoms with Gasteiger partial charge in [-0.15, -0.1) is 0 Å². The second kappa shape index (κ2) is 7.63. The second-order valence-corrected chi connectivity index (χ2v) is 9.44. The first-order valence-corrected chi connectivity index (χ1v) is 10.5. The Morgan fingerprint density at radius 2 is 1.83 bits per heavy atom. The van der Waals surface area contributed by atoms with Gasteiger partial charge >= 0.3 is 6.03 Å². The molecule has 0 spiro atoms. The molecule has 1 fully saturated rings. The van der Waals surface area contributed by atoms with Crippen molar-refractivity contribution >= 4 is 29.2 Å². The van der Waals surface area contributed by atoms with Crippen molar-refractivity contribution in [2.75, 3.05) is 13.6 Å². The van der Waals surface area contributed by atoms with E-state index in [4.69, 9.17) is 0 Å². The fourth-order valence-corrected chi connectivity index (χ4v) is 4.00. The van der Waals surface area contributed by atoms with Gasteiger partial charge in [0.1, 0.15) is 12.1 Å². The number of likely N-dealkylation sites (N-methyl/N-ethyl adjacent to an activating group) is 1. The van der Waals surface area contributed by atoms with Gasteiger partial charge in [-0.3, -0.25) is 14.5 Å². The summed E-state index contributed by atoms with van der Waals surface area (Å²) in [5.41, 5.74) is 1.68. The average Bonchev–Trinajstić information content (AvgIpc) is 3.24. The molecule has 3 rings (SSSR count). The van der Waals surface area contributed by atoms with E-state index in [1.807, 2.05) is 41.1 Å². The summed E-state index contributed by atoms with van der Waals surface area (Å²) in [5, 5.41) is 6.68. The van der Waals surface area contributed by atoms with Crippen LogP contribution < -0.4 is 5.32 Å². The van der Waals surface area contributed by atoms with Crippen LogP contribution in [0.5, 0.6) is 0 Å². The molecule has 6 nitrogen and oxygen atoms in total. The maximum Gasteiger partial charge on any atom is 0.325 e. The molecule has 2 aromatic rings. The van der Waals surface area contributed by atoms with E-state index < -0.39 is 17.5 Å². The fourth-order valence-electron chi connectivity index (χ4n) is 3.34. The number of hydrogen-bond acceptors (Lipinski definition) is 4. The van der Waals surface area contributed by atoms with Crippen molar-refractivity contribution in [2.45, 2.75) is 45.2 Å². The Kier molecular flexibility index (Phi) is 5.54. The summed E-state index contributed by atoms with van der Waals surface area (Å²) in [4.78, 5) is 40.7. The Morgan fingerprint density at radius 3 is 2.38 bits per heavy atom. The van der Waals surface area contributed by atoms with Crippen molar-refractivity contribution in [2.24, 2.45) is 0 Å². The van der Waals surface area contributed by atoms with E-state index in [1.165, 1.54) is 4.90 Å². The summed E-state index contributed by atoms with van der Waals surface area (Å²) in [6.45, 7) is 8.20. The van der Waals surface area contributed by atoms with Crippen LogP contribution in [0.3, 0.4) is 0 Å². The zero-order valence-corrected chi connectivity index (χ0v) is 18.3. The van der Waals surface area contributed by atoms with Crippen molar-refractivity contribution in [3.8, 4) is 0 Å². The van der Waals surface area contributed by atoms with Gasteiger partial charge in [-0.2, -0.15) is 11.3 Å². The highest BCUT2D eigenvalue weighted by molar-refractivity contribution is 7.07. The van der Waals surface area contributed by atoms with Crippen LogP contribution in [-0.2, 0) is 27.1 Å². The molecule has 2 heterocycles. The highest BCUT2D eigenvalue weighted by Crippen LogP contribution is 2.31. The van der Waals surface area contributed by atoms with Crippen LogP contribution >= 0.6 is 11.3 Å². The molecule has 1 atom stereocenters. The number of amides is 4. The number of urea groups is 1. The number of thiophene rings is 1. The summed E-state index contributed by atoms with van der Waals surface area (Å²) in [6, 6.07) is 9.08. The topological polar surface area (TPSA) is 69.7 Å². The molecule has 0 saturated carbocycles. The van der Waals surface area contributed by atoms with Crippen molar-refractivity contribution in [3.05, 3.63) is 57.8 Å². The number of rotatable bonds is 5. The Balaban J connectivity index is 1.74. The van der Waals surface area contributed by atoms with Crippen molar-refractivity contribution in [3.63, 3.8) is 0 Å². The lowest BCUT2D eigenvalue weighted by atomic mass is 9.84. The molecule has 0 radical (unpaired) electrons. The van der Waals surface area contributed by atoms with E-state index >= 15 is 0 Å². The SMILES string of the molecule is CN(Cc1ccsc1)C(=O)CN1C(=O)N[C@@](C)(c2ccc(C(C)(C)C)cc2)C1=O. The number of carbonyl (C=O) groups is 3. The minimum atomic E-state index is -1.18. The standard InChI is InChI=1S/C22H27N3O3S/c1-21(2,3)16-6-8-17(9-7-16)22(4)19(27)25(20(28)23-22)13-18(26)24(5)12-15-10-11-29-14-15/h6-11,14H,12-13H2,1-5H3,(H,23,28)/t22-/m0/s1. The minimum absolute atomic E-state index is 0.00609. The molecule has 7 heteroatoms. The first-order valence-electron chi connectivity index (χ1n) is 9.52. The maximum absolute atomic E-state index is 13.1. The number of nitrogens with one attached hydrogen (secondary N) is 1. The van der Waals surface area contributed by atoms with Crippen molar-refractivity contribution in [1.82, 2.24) is 15.1 Å². The van der Waals surface area contributed by atoms with Gasteiger partial charge in [-0.05, 0) is 45.9 Å². The molecule has 1 aliphatic rings. The highest BCUT2D eigenvalue weighted by atomic mass is 32.1. The van der Waals surface area contributed by atoms with Crippen molar-refractivity contribution < 1.29 is 14.4 Å². The summed E-state index contributed by atoms with van der Waals surface area (Å²) in [6.07, 6.45) is 0. The van der Waals surface area contributed by atoms with Gasteiger partial charge in [0.05, 0.1) is 0 Å². The fraction of sp³-hybridized carbons (Fsp3) is 0.409. The van der Waals surface area contributed by atoms with E-state index in [2.05, 4.69) is 26.1 Å². The van der Waals surface area contributed by atoms with Crippen LogP contribution in [0.1, 0.15) is 44.4 Å². The predicted molar refractivity (Wildman–Crippen MR) is 114 cm³/mol. The lowest BCUT2D eigenvalue weighted by molar-refractivity contribution is -0.138. The Hall–Kier alpha value is -2.67. The van der Waals surface area contributed by atoms with Crippen LogP contribution in [0, 0.1) is 0 Å². The lowest BCUT2D eigenvalue weighted by Gasteiger charge is -2.25. The van der Waals surface area contributed by atoms with Gasteiger partial charge in [-0.1, -0.05) is 45.0 Å². The van der Waals surface area contributed by atoms with Crippen LogP contribution in [0.25, 0.3) is 0 Å². The zero-order valence-electron chi connectivity index (χ0n) is 17.5. The molecule has 29 heavy (non-hydrogen) atoms. The quantitative estimate of drug-likeness (QED) is 0.763. The van der Waals surface area contributed by atoms with E-state index in [-0.39, 0.29) is 17.9 Å². The van der Waals surface area contributed by atoms with E-state index in [0.29, 0.717) is 12.1 Å². The van der Waals surface area contributed by atoms with Crippen molar-refractivity contribution in [1.29, 1.82) is 0 Å². The maximum atomic E-state index is 13.1. The van der Waals surface area contributed by atoms with E-state index in [1.54, 1.807) is 25.3 Å². The normalized spacial score (nSPS) is 19.4. The third kappa shape index (κ3) is 4.19. The van der Waals surface area contributed by atoms with Gasteiger partial charge in [-0.25, -0.2) is 4.79 Å². The molecule has 1 N–H and O–H groups in total. The zero-order chi connectivity index (χ0) is 21.4. The Labute approximate surface area is 175 Å². The lowest BCUT2D eigenvalue weighted by Crippen LogP contribution is -2.43. The molecule has 1 saturated heterocycles. The molecular formula is C22H27N3O3S. The molecule has 4 amide bonds. The van der Waals surface area contributed by atoms with Gasteiger partial charge in [0.25, 0.3) is 5.91 Å².